The first-order chi connectivity index (χ1) is 10.2. The molecule has 5 nitrogen and oxygen atoms in total. The maximum atomic E-state index is 12.2. The zero-order chi connectivity index (χ0) is 15.2. The minimum atomic E-state index is -0.517. The van der Waals surface area contributed by atoms with Crippen LogP contribution in [0.4, 0.5) is 0 Å². The van der Waals surface area contributed by atoms with E-state index in [1.807, 2.05) is 0 Å². The highest BCUT2D eigenvalue weighted by Crippen LogP contribution is 2.37. The van der Waals surface area contributed by atoms with Crippen LogP contribution in [0.5, 0.6) is 23.0 Å². The molecule has 0 aliphatic rings. The van der Waals surface area contributed by atoms with Crippen molar-refractivity contribution in [2.75, 3.05) is 21.3 Å². The van der Waals surface area contributed by atoms with E-state index in [2.05, 4.69) is 0 Å². The maximum absolute atomic E-state index is 12.2. The molecule has 0 saturated carbocycles. The summed E-state index contributed by atoms with van der Waals surface area (Å²) in [6, 6.07) is 11.8. The molecule has 0 N–H and O–H groups in total. The highest BCUT2D eigenvalue weighted by Gasteiger charge is 2.17. The van der Waals surface area contributed by atoms with Gasteiger partial charge in [-0.3, -0.25) is 0 Å². The third-order valence-corrected chi connectivity index (χ3v) is 2.88. The first kappa shape index (κ1) is 14.7. The third kappa shape index (κ3) is 3.25. The summed E-state index contributed by atoms with van der Waals surface area (Å²) in [4.78, 5) is 12.2. The molecule has 2 aromatic carbocycles. The van der Waals surface area contributed by atoms with Crippen LogP contribution in [0, 0.1) is 0 Å². The van der Waals surface area contributed by atoms with E-state index in [9.17, 15) is 4.79 Å². The van der Waals surface area contributed by atoms with Gasteiger partial charge in [-0.15, -0.1) is 0 Å². The Kier molecular flexibility index (Phi) is 4.66. The summed E-state index contributed by atoms with van der Waals surface area (Å²) >= 11 is 0. The molecule has 0 radical (unpaired) electrons. The molecule has 2 rings (SSSR count). The van der Waals surface area contributed by atoms with E-state index < -0.39 is 5.97 Å². The number of hydrogen-bond acceptors (Lipinski definition) is 5. The van der Waals surface area contributed by atoms with Crippen LogP contribution in [-0.2, 0) is 0 Å². The number of carbonyl (C=O) groups excluding carboxylic acids is 1. The van der Waals surface area contributed by atoms with Crippen molar-refractivity contribution in [3.05, 3.63) is 48.0 Å². The molecular formula is C16H16O5. The van der Waals surface area contributed by atoms with E-state index in [1.165, 1.54) is 21.3 Å². The van der Waals surface area contributed by atoms with Gasteiger partial charge in [0.25, 0.3) is 0 Å². The molecule has 0 spiro atoms. The molecule has 110 valence electrons. The van der Waals surface area contributed by atoms with Crippen LogP contribution in [-0.4, -0.2) is 27.3 Å². The number of ether oxygens (including phenoxy) is 4. The second-order valence-corrected chi connectivity index (χ2v) is 4.11. The van der Waals surface area contributed by atoms with Crippen molar-refractivity contribution < 1.29 is 23.7 Å². The Balaban J connectivity index is 2.30. The number of benzene rings is 2. The van der Waals surface area contributed by atoms with E-state index in [1.54, 1.807) is 42.5 Å². The standard InChI is InChI=1S/C16H16O5/c1-18-12-7-4-6-11(10-12)16(17)21-15-13(19-2)8-5-9-14(15)20-3/h4-10H,1-3H3. The number of methoxy groups -OCH3 is 3. The fraction of sp³-hybridized carbons (Fsp3) is 0.188. The molecule has 0 aliphatic heterocycles. The second-order valence-electron chi connectivity index (χ2n) is 4.11. The van der Waals surface area contributed by atoms with E-state index in [0.29, 0.717) is 22.8 Å². The lowest BCUT2D eigenvalue weighted by Crippen LogP contribution is -2.10. The highest BCUT2D eigenvalue weighted by atomic mass is 16.6. The maximum Gasteiger partial charge on any atom is 0.343 e. The molecule has 0 saturated heterocycles. The lowest BCUT2D eigenvalue weighted by molar-refractivity contribution is 0.0724. The molecule has 2 aromatic rings. The zero-order valence-corrected chi connectivity index (χ0v) is 12.1. The van der Waals surface area contributed by atoms with Gasteiger partial charge in [-0.2, -0.15) is 0 Å². The minimum absolute atomic E-state index is 0.246. The van der Waals surface area contributed by atoms with Gasteiger partial charge in [-0.25, -0.2) is 4.79 Å². The first-order valence-electron chi connectivity index (χ1n) is 6.26. The van der Waals surface area contributed by atoms with Crippen LogP contribution in [0.15, 0.2) is 42.5 Å². The monoisotopic (exact) mass is 288 g/mol. The Bertz CT molecular complexity index is 614. The van der Waals surface area contributed by atoms with Crippen LogP contribution < -0.4 is 18.9 Å². The van der Waals surface area contributed by atoms with Crippen molar-refractivity contribution in [3.8, 4) is 23.0 Å². The Morgan fingerprint density at radius 1 is 0.857 bits per heavy atom. The Labute approximate surface area is 123 Å². The quantitative estimate of drug-likeness (QED) is 0.625. The predicted molar refractivity (Wildman–Crippen MR) is 77.5 cm³/mol. The molecule has 0 amide bonds. The molecule has 5 heteroatoms. The molecular weight excluding hydrogens is 272 g/mol. The number of hydrogen-bond donors (Lipinski definition) is 0. The van der Waals surface area contributed by atoms with E-state index in [0.717, 1.165) is 0 Å². The topological polar surface area (TPSA) is 54.0 Å². The van der Waals surface area contributed by atoms with Crippen LogP contribution in [0.2, 0.25) is 0 Å². The smallest absolute Gasteiger partial charge is 0.343 e. The van der Waals surface area contributed by atoms with E-state index in [4.69, 9.17) is 18.9 Å². The lowest BCUT2D eigenvalue weighted by Gasteiger charge is -2.13. The zero-order valence-electron chi connectivity index (χ0n) is 12.1. The SMILES string of the molecule is COc1cccc(C(=O)Oc2c(OC)cccc2OC)c1. The summed E-state index contributed by atoms with van der Waals surface area (Å²) in [6.45, 7) is 0. The molecule has 0 aliphatic carbocycles. The van der Waals surface area contributed by atoms with Gasteiger partial charge in [0.2, 0.25) is 5.75 Å². The number of rotatable bonds is 5. The van der Waals surface area contributed by atoms with Crippen molar-refractivity contribution >= 4 is 5.97 Å². The summed E-state index contributed by atoms with van der Waals surface area (Å²) in [5.41, 5.74) is 0.377. The van der Waals surface area contributed by atoms with E-state index in [-0.39, 0.29) is 5.75 Å². The van der Waals surface area contributed by atoms with Gasteiger partial charge in [-0.1, -0.05) is 12.1 Å². The average molecular weight is 288 g/mol. The Morgan fingerprint density at radius 2 is 1.48 bits per heavy atom. The minimum Gasteiger partial charge on any atom is -0.497 e. The van der Waals surface area contributed by atoms with Crippen LogP contribution in [0.3, 0.4) is 0 Å². The fourth-order valence-electron chi connectivity index (χ4n) is 1.82. The first-order valence-corrected chi connectivity index (χ1v) is 6.26. The molecule has 0 atom stereocenters. The average Bonchev–Trinajstić information content (AvgIpc) is 2.54. The molecule has 21 heavy (non-hydrogen) atoms. The van der Waals surface area contributed by atoms with Crippen molar-refractivity contribution in [3.63, 3.8) is 0 Å². The molecule has 0 unspecified atom stereocenters. The Hall–Kier alpha value is -2.69. The summed E-state index contributed by atoms with van der Waals surface area (Å²) in [5, 5.41) is 0. The number of esters is 1. The third-order valence-electron chi connectivity index (χ3n) is 2.88. The van der Waals surface area contributed by atoms with Crippen LogP contribution >= 0.6 is 0 Å². The number of para-hydroxylation sites is 1. The van der Waals surface area contributed by atoms with Crippen molar-refractivity contribution in [1.82, 2.24) is 0 Å². The molecule has 0 aromatic heterocycles. The molecule has 0 heterocycles. The highest BCUT2D eigenvalue weighted by molar-refractivity contribution is 5.92. The van der Waals surface area contributed by atoms with E-state index >= 15 is 0 Å². The van der Waals surface area contributed by atoms with Crippen LogP contribution in [0.1, 0.15) is 10.4 Å². The van der Waals surface area contributed by atoms with Gasteiger partial charge in [-0.05, 0) is 30.3 Å². The van der Waals surface area contributed by atoms with Crippen molar-refractivity contribution in [2.45, 2.75) is 0 Å². The van der Waals surface area contributed by atoms with Gasteiger partial charge in [0.1, 0.15) is 5.75 Å². The summed E-state index contributed by atoms with van der Waals surface area (Å²) in [6.07, 6.45) is 0. The largest absolute Gasteiger partial charge is 0.497 e. The van der Waals surface area contributed by atoms with Gasteiger partial charge in [0.05, 0.1) is 26.9 Å². The fourth-order valence-corrected chi connectivity index (χ4v) is 1.82. The molecule has 0 bridgehead atoms. The van der Waals surface area contributed by atoms with Crippen molar-refractivity contribution in [2.24, 2.45) is 0 Å². The van der Waals surface area contributed by atoms with Gasteiger partial charge in [0.15, 0.2) is 11.5 Å². The summed E-state index contributed by atoms with van der Waals surface area (Å²) < 4.78 is 20.9. The second kappa shape index (κ2) is 6.65. The van der Waals surface area contributed by atoms with Gasteiger partial charge >= 0.3 is 5.97 Å². The summed E-state index contributed by atoms with van der Waals surface area (Å²) in [7, 11) is 4.53. The van der Waals surface area contributed by atoms with Crippen LogP contribution in [0.25, 0.3) is 0 Å². The lowest BCUT2D eigenvalue weighted by atomic mass is 10.2. The summed E-state index contributed by atoms with van der Waals surface area (Å²) in [5.74, 6) is 1.15. The predicted octanol–water partition coefficient (Wildman–Crippen LogP) is 2.93. The number of carbonyl (C=O) groups is 1. The Morgan fingerprint density at radius 3 is 2.05 bits per heavy atom. The van der Waals surface area contributed by atoms with Crippen molar-refractivity contribution in [1.29, 1.82) is 0 Å². The van der Waals surface area contributed by atoms with Gasteiger partial charge < -0.3 is 18.9 Å². The van der Waals surface area contributed by atoms with Gasteiger partial charge in [0, 0.05) is 0 Å². The normalized spacial score (nSPS) is 9.86. The molecule has 0 fully saturated rings.